The van der Waals surface area contributed by atoms with Gasteiger partial charge in [-0.05, 0) is 30.9 Å². The minimum Gasteiger partial charge on any atom is -0.481 e. The average molecular weight is 351 g/mol. The first kappa shape index (κ1) is 19.8. The number of benzene rings is 1. The zero-order valence-corrected chi connectivity index (χ0v) is 15.6. The smallest absolute Gasteiger partial charge is 0.310 e. The minimum absolute atomic E-state index is 0.234. The Bertz CT molecular complexity index is 715. The Morgan fingerprint density at radius 1 is 1.35 bits per heavy atom. The number of rotatable bonds is 10. The largest absolute Gasteiger partial charge is 0.481 e. The van der Waals surface area contributed by atoms with E-state index in [1.54, 1.807) is 0 Å². The number of carbonyl (C=O) groups is 1. The molecule has 2 rings (SSSR count). The lowest BCUT2D eigenvalue weighted by Crippen LogP contribution is -2.10. The van der Waals surface area contributed by atoms with Gasteiger partial charge in [-0.1, -0.05) is 68.0 Å². The molecule has 2 N–H and O–H groups in total. The van der Waals surface area contributed by atoms with E-state index >= 15 is 0 Å². The van der Waals surface area contributed by atoms with Crippen LogP contribution in [0.3, 0.4) is 0 Å². The summed E-state index contributed by atoms with van der Waals surface area (Å²) < 4.78 is 0. The van der Waals surface area contributed by atoms with Crippen molar-refractivity contribution in [2.75, 3.05) is 11.9 Å². The van der Waals surface area contributed by atoms with Crippen molar-refractivity contribution in [2.24, 2.45) is 5.92 Å². The van der Waals surface area contributed by atoms with Gasteiger partial charge in [0, 0.05) is 23.7 Å². The van der Waals surface area contributed by atoms with Crippen LogP contribution in [0.15, 0.2) is 61.2 Å². The SMILES string of the molecule is C=CC(C/C=C/CC(C(=C)CCC)c1cccc2c1C=CCN2)C(=O)O. The van der Waals surface area contributed by atoms with Gasteiger partial charge in [-0.15, -0.1) is 6.58 Å². The van der Waals surface area contributed by atoms with Crippen molar-refractivity contribution < 1.29 is 9.90 Å². The van der Waals surface area contributed by atoms with Crippen LogP contribution in [0.1, 0.15) is 49.7 Å². The predicted molar refractivity (Wildman–Crippen MR) is 110 cm³/mol. The van der Waals surface area contributed by atoms with E-state index in [0.29, 0.717) is 6.42 Å². The molecule has 2 atom stereocenters. The van der Waals surface area contributed by atoms with Gasteiger partial charge in [0.2, 0.25) is 0 Å². The van der Waals surface area contributed by atoms with Crippen LogP contribution in [-0.2, 0) is 4.79 Å². The minimum atomic E-state index is -0.829. The average Bonchev–Trinajstić information content (AvgIpc) is 2.64. The number of hydrogen-bond donors (Lipinski definition) is 2. The Hall–Kier alpha value is -2.55. The Morgan fingerprint density at radius 2 is 2.12 bits per heavy atom. The summed E-state index contributed by atoms with van der Waals surface area (Å²) in [5.41, 5.74) is 4.92. The van der Waals surface area contributed by atoms with E-state index in [1.165, 1.54) is 28.5 Å². The monoisotopic (exact) mass is 351 g/mol. The summed E-state index contributed by atoms with van der Waals surface area (Å²) in [5, 5.41) is 12.5. The van der Waals surface area contributed by atoms with Gasteiger partial charge in [0.05, 0.1) is 5.92 Å². The van der Waals surface area contributed by atoms with E-state index in [-0.39, 0.29) is 5.92 Å². The van der Waals surface area contributed by atoms with Gasteiger partial charge in [-0.2, -0.15) is 0 Å². The molecule has 1 aromatic rings. The summed E-state index contributed by atoms with van der Waals surface area (Å²) >= 11 is 0. The standard InChI is InChI=1S/C23H29NO2/c1-4-10-17(3)19(12-7-6-11-18(5-2)23(25)26)20-13-8-15-22-21(20)14-9-16-24-22/h5-9,13-15,18-19,24H,2-4,10-12,16H2,1H3,(H,25,26)/b7-6+. The summed E-state index contributed by atoms with van der Waals surface area (Å²) in [5.74, 6) is -1.12. The molecule has 0 saturated heterocycles. The molecule has 138 valence electrons. The number of anilines is 1. The number of aliphatic carboxylic acids is 1. The fraction of sp³-hybridized carbons (Fsp3) is 0.348. The highest BCUT2D eigenvalue weighted by Crippen LogP contribution is 2.36. The third kappa shape index (κ3) is 4.98. The van der Waals surface area contributed by atoms with Crippen molar-refractivity contribution in [1.29, 1.82) is 0 Å². The molecular weight excluding hydrogens is 322 g/mol. The number of carboxylic acids is 1. The topological polar surface area (TPSA) is 49.3 Å². The van der Waals surface area contributed by atoms with Crippen LogP contribution < -0.4 is 5.32 Å². The molecule has 1 aliphatic rings. The molecule has 0 spiro atoms. The molecule has 0 aromatic heterocycles. The predicted octanol–water partition coefficient (Wildman–Crippen LogP) is 5.79. The summed E-state index contributed by atoms with van der Waals surface area (Å²) in [4.78, 5) is 11.1. The third-order valence-corrected chi connectivity index (χ3v) is 4.80. The zero-order chi connectivity index (χ0) is 18.9. The van der Waals surface area contributed by atoms with E-state index in [2.05, 4.69) is 61.8 Å². The molecule has 1 aromatic carbocycles. The number of allylic oxidation sites excluding steroid dienone is 3. The first-order chi connectivity index (χ1) is 12.6. The van der Waals surface area contributed by atoms with Crippen LogP contribution >= 0.6 is 0 Å². The molecule has 0 bridgehead atoms. The molecule has 1 aliphatic heterocycles. The maximum absolute atomic E-state index is 11.1. The van der Waals surface area contributed by atoms with Crippen LogP contribution in [-0.4, -0.2) is 17.6 Å². The summed E-state index contributed by atoms with van der Waals surface area (Å²) in [6.07, 6.45) is 13.2. The highest BCUT2D eigenvalue weighted by molar-refractivity contribution is 5.73. The van der Waals surface area contributed by atoms with Crippen molar-refractivity contribution in [2.45, 2.75) is 38.5 Å². The number of fused-ring (bicyclic) bond motifs is 1. The molecule has 3 heteroatoms. The Morgan fingerprint density at radius 3 is 2.81 bits per heavy atom. The Labute approximate surface area is 156 Å². The van der Waals surface area contributed by atoms with Crippen LogP contribution in [0.2, 0.25) is 0 Å². The van der Waals surface area contributed by atoms with Gasteiger partial charge >= 0.3 is 5.97 Å². The molecule has 0 radical (unpaired) electrons. The second-order valence-corrected chi connectivity index (χ2v) is 6.68. The van der Waals surface area contributed by atoms with E-state index in [9.17, 15) is 4.79 Å². The Kier molecular flexibility index (Phi) is 7.46. The van der Waals surface area contributed by atoms with Crippen molar-refractivity contribution in [3.8, 4) is 0 Å². The van der Waals surface area contributed by atoms with Crippen molar-refractivity contribution in [3.63, 3.8) is 0 Å². The van der Waals surface area contributed by atoms with Gasteiger partial charge < -0.3 is 10.4 Å². The molecule has 0 fully saturated rings. The van der Waals surface area contributed by atoms with Crippen molar-refractivity contribution in [1.82, 2.24) is 0 Å². The third-order valence-electron chi connectivity index (χ3n) is 4.80. The lowest BCUT2D eigenvalue weighted by Gasteiger charge is -2.24. The summed E-state index contributed by atoms with van der Waals surface area (Å²) in [6, 6.07) is 6.38. The van der Waals surface area contributed by atoms with Crippen LogP contribution in [0.5, 0.6) is 0 Å². The molecule has 0 aliphatic carbocycles. The van der Waals surface area contributed by atoms with Gasteiger partial charge in [-0.3, -0.25) is 4.79 Å². The van der Waals surface area contributed by atoms with E-state index in [0.717, 1.165) is 25.8 Å². The van der Waals surface area contributed by atoms with E-state index in [4.69, 9.17) is 5.11 Å². The number of hydrogen-bond acceptors (Lipinski definition) is 2. The van der Waals surface area contributed by atoms with Crippen LogP contribution in [0.25, 0.3) is 6.08 Å². The van der Waals surface area contributed by atoms with E-state index < -0.39 is 11.9 Å². The molecule has 0 saturated carbocycles. The second kappa shape index (κ2) is 9.81. The van der Waals surface area contributed by atoms with Crippen molar-refractivity contribution >= 4 is 17.7 Å². The normalized spacial score (nSPS) is 15.1. The van der Waals surface area contributed by atoms with Crippen LogP contribution in [0.4, 0.5) is 5.69 Å². The molecule has 3 nitrogen and oxygen atoms in total. The zero-order valence-electron chi connectivity index (χ0n) is 15.6. The van der Waals surface area contributed by atoms with E-state index in [1.807, 2.05) is 6.08 Å². The molecule has 26 heavy (non-hydrogen) atoms. The lowest BCUT2D eigenvalue weighted by molar-refractivity contribution is -0.139. The lowest BCUT2D eigenvalue weighted by atomic mass is 9.83. The quantitative estimate of drug-likeness (QED) is 0.525. The summed E-state index contributed by atoms with van der Waals surface area (Å²) in [7, 11) is 0. The maximum atomic E-state index is 11.1. The fourth-order valence-corrected chi connectivity index (χ4v) is 3.35. The highest BCUT2D eigenvalue weighted by Gasteiger charge is 2.19. The number of carboxylic acid groups (broad SMARTS) is 1. The second-order valence-electron chi connectivity index (χ2n) is 6.68. The van der Waals surface area contributed by atoms with Crippen LogP contribution in [0, 0.1) is 5.92 Å². The molecule has 0 amide bonds. The maximum Gasteiger partial charge on any atom is 0.310 e. The molecule has 1 heterocycles. The number of nitrogens with one attached hydrogen (secondary N) is 1. The van der Waals surface area contributed by atoms with Gasteiger partial charge in [-0.25, -0.2) is 0 Å². The Balaban J connectivity index is 2.20. The first-order valence-electron chi connectivity index (χ1n) is 9.29. The molecular formula is C23H29NO2. The van der Waals surface area contributed by atoms with Gasteiger partial charge in [0.15, 0.2) is 0 Å². The van der Waals surface area contributed by atoms with Gasteiger partial charge in [0.25, 0.3) is 0 Å². The fourth-order valence-electron chi connectivity index (χ4n) is 3.35. The first-order valence-corrected chi connectivity index (χ1v) is 9.29. The van der Waals surface area contributed by atoms with Crippen molar-refractivity contribution in [3.05, 3.63) is 72.4 Å². The highest BCUT2D eigenvalue weighted by atomic mass is 16.4. The summed E-state index contributed by atoms with van der Waals surface area (Å²) in [6.45, 7) is 11.0. The van der Waals surface area contributed by atoms with Gasteiger partial charge in [0.1, 0.15) is 0 Å². The molecule has 2 unspecified atom stereocenters.